The highest BCUT2D eigenvalue weighted by atomic mass is 15.0. The van der Waals surface area contributed by atoms with Crippen LogP contribution in [0.3, 0.4) is 0 Å². The summed E-state index contributed by atoms with van der Waals surface area (Å²) in [7, 11) is 0. The first kappa shape index (κ1) is 32.0. The van der Waals surface area contributed by atoms with Crippen molar-refractivity contribution in [3.05, 3.63) is 192 Å². The summed E-state index contributed by atoms with van der Waals surface area (Å²) >= 11 is 0. The molecule has 1 aliphatic carbocycles. The molecule has 53 heavy (non-hydrogen) atoms. The number of benzene rings is 7. The standard InChI is InChI=1S/C49H34N4/c1-49(2)42-15-10-16-44(50-3)45(42)41-30-29-40(31-43(41)49)36-21-27-39(28-22-36)48-52-46(37-23-17-34(18-24-37)32-11-6-4-7-12-32)51-47(53-48)38-25-19-35(20-26-38)33-13-8-5-9-14-33/h4-31H,1-2H3. The molecule has 0 N–H and O–H groups in total. The highest BCUT2D eigenvalue weighted by molar-refractivity contribution is 5.91. The first-order chi connectivity index (χ1) is 26.0. The monoisotopic (exact) mass is 678 g/mol. The molecule has 1 aromatic heterocycles. The maximum atomic E-state index is 7.77. The van der Waals surface area contributed by atoms with Crippen LogP contribution in [0.4, 0.5) is 5.69 Å². The van der Waals surface area contributed by atoms with Gasteiger partial charge in [-0.15, -0.1) is 0 Å². The molecule has 9 rings (SSSR count). The predicted molar refractivity (Wildman–Crippen MR) is 216 cm³/mol. The van der Waals surface area contributed by atoms with Crippen LogP contribution >= 0.6 is 0 Å². The number of fused-ring (bicyclic) bond motifs is 3. The number of rotatable bonds is 6. The summed E-state index contributed by atoms with van der Waals surface area (Å²) in [5.41, 5.74) is 14.8. The molecule has 4 nitrogen and oxygen atoms in total. The van der Waals surface area contributed by atoms with Gasteiger partial charge >= 0.3 is 0 Å². The van der Waals surface area contributed by atoms with Gasteiger partial charge in [0.25, 0.3) is 0 Å². The molecule has 7 aromatic carbocycles. The summed E-state index contributed by atoms with van der Waals surface area (Å²) in [4.78, 5) is 18.9. The van der Waals surface area contributed by atoms with Gasteiger partial charge in [0.15, 0.2) is 23.2 Å². The molecule has 0 saturated heterocycles. The van der Waals surface area contributed by atoms with Crippen molar-refractivity contribution in [1.29, 1.82) is 0 Å². The van der Waals surface area contributed by atoms with Gasteiger partial charge in [-0.2, -0.15) is 0 Å². The quantitative estimate of drug-likeness (QED) is 0.164. The van der Waals surface area contributed by atoms with Gasteiger partial charge in [0, 0.05) is 22.1 Å². The molecule has 1 aliphatic rings. The number of hydrogen-bond donors (Lipinski definition) is 0. The average Bonchev–Trinajstić information content (AvgIpc) is 3.47. The lowest BCUT2D eigenvalue weighted by atomic mass is 9.81. The van der Waals surface area contributed by atoms with Crippen LogP contribution in [0, 0.1) is 6.57 Å². The van der Waals surface area contributed by atoms with Crippen molar-refractivity contribution in [3.63, 3.8) is 0 Å². The molecule has 0 bridgehead atoms. The summed E-state index contributed by atoms with van der Waals surface area (Å²) in [5, 5.41) is 0. The van der Waals surface area contributed by atoms with Crippen molar-refractivity contribution in [2.24, 2.45) is 0 Å². The predicted octanol–water partition coefficient (Wildman–Crippen LogP) is 12.7. The van der Waals surface area contributed by atoms with E-state index < -0.39 is 0 Å². The second kappa shape index (κ2) is 13.0. The molecule has 0 saturated carbocycles. The van der Waals surface area contributed by atoms with Crippen molar-refractivity contribution < 1.29 is 0 Å². The summed E-state index contributed by atoms with van der Waals surface area (Å²) in [5.74, 6) is 1.87. The molecular formula is C49H34N4. The van der Waals surface area contributed by atoms with Gasteiger partial charge in [-0.1, -0.05) is 178 Å². The fraction of sp³-hybridized carbons (Fsp3) is 0.0612. The van der Waals surface area contributed by atoms with E-state index in [4.69, 9.17) is 21.5 Å². The molecule has 0 aliphatic heterocycles. The highest BCUT2D eigenvalue weighted by Gasteiger charge is 2.36. The van der Waals surface area contributed by atoms with Crippen molar-refractivity contribution in [2.45, 2.75) is 19.3 Å². The van der Waals surface area contributed by atoms with Gasteiger partial charge in [0.2, 0.25) is 0 Å². The van der Waals surface area contributed by atoms with E-state index in [1.54, 1.807) is 0 Å². The van der Waals surface area contributed by atoms with E-state index in [9.17, 15) is 0 Å². The Morgan fingerprint density at radius 1 is 0.396 bits per heavy atom. The summed E-state index contributed by atoms with van der Waals surface area (Å²) in [6, 6.07) is 58.7. The van der Waals surface area contributed by atoms with Crippen LogP contribution in [0.1, 0.15) is 25.0 Å². The Morgan fingerprint density at radius 2 is 0.792 bits per heavy atom. The maximum absolute atomic E-state index is 7.77. The Balaban J connectivity index is 1.09. The Bertz CT molecular complexity index is 2550. The van der Waals surface area contributed by atoms with Gasteiger partial charge < -0.3 is 0 Å². The lowest BCUT2D eigenvalue weighted by Crippen LogP contribution is -2.14. The number of hydrogen-bond acceptors (Lipinski definition) is 3. The fourth-order valence-electron chi connectivity index (χ4n) is 7.50. The lowest BCUT2D eigenvalue weighted by Gasteiger charge is -2.22. The van der Waals surface area contributed by atoms with E-state index >= 15 is 0 Å². The molecule has 0 atom stereocenters. The van der Waals surface area contributed by atoms with Crippen molar-refractivity contribution in [2.75, 3.05) is 0 Å². The van der Waals surface area contributed by atoms with Crippen LogP contribution in [0.5, 0.6) is 0 Å². The van der Waals surface area contributed by atoms with E-state index in [0.717, 1.165) is 50.1 Å². The lowest BCUT2D eigenvalue weighted by molar-refractivity contribution is 0.661. The Morgan fingerprint density at radius 3 is 1.25 bits per heavy atom. The molecule has 0 fully saturated rings. The number of aromatic nitrogens is 3. The molecule has 0 unspecified atom stereocenters. The minimum absolute atomic E-state index is 0.197. The van der Waals surface area contributed by atoms with E-state index in [2.05, 4.69) is 164 Å². The molecular weight excluding hydrogens is 645 g/mol. The van der Waals surface area contributed by atoms with Crippen molar-refractivity contribution >= 4 is 5.69 Å². The van der Waals surface area contributed by atoms with Gasteiger partial charge in [-0.05, 0) is 61.7 Å². The Kier molecular flexibility index (Phi) is 7.83. The molecule has 4 heteroatoms. The van der Waals surface area contributed by atoms with Crippen LogP contribution in [0.25, 0.3) is 83.5 Å². The third-order valence-electron chi connectivity index (χ3n) is 10.4. The molecule has 0 spiro atoms. The molecule has 1 heterocycles. The topological polar surface area (TPSA) is 43.0 Å². The van der Waals surface area contributed by atoms with Gasteiger partial charge in [-0.25, -0.2) is 19.8 Å². The molecule has 0 radical (unpaired) electrons. The maximum Gasteiger partial charge on any atom is 0.195 e. The van der Waals surface area contributed by atoms with Crippen LogP contribution < -0.4 is 0 Å². The van der Waals surface area contributed by atoms with Crippen LogP contribution in [0.15, 0.2) is 170 Å². The van der Waals surface area contributed by atoms with Gasteiger partial charge in [0.05, 0.1) is 6.57 Å². The normalized spacial score (nSPS) is 12.5. The largest absolute Gasteiger partial charge is 0.238 e. The van der Waals surface area contributed by atoms with Gasteiger partial charge in [-0.3, -0.25) is 0 Å². The smallest absolute Gasteiger partial charge is 0.195 e. The summed E-state index contributed by atoms with van der Waals surface area (Å²) in [6.07, 6.45) is 0. The van der Waals surface area contributed by atoms with Crippen LogP contribution in [0.2, 0.25) is 0 Å². The Labute approximate surface area is 310 Å². The molecule has 8 aromatic rings. The van der Waals surface area contributed by atoms with Crippen LogP contribution in [-0.4, -0.2) is 15.0 Å². The SMILES string of the molecule is [C-]#[N+]c1cccc2c1-c1ccc(-c3ccc(-c4nc(-c5ccc(-c6ccccc6)cc5)nc(-c5ccc(-c6ccccc6)cc5)n4)cc3)cc1C2(C)C. The average molecular weight is 679 g/mol. The van der Waals surface area contributed by atoms with E-state index in [-0.39, 0.29) is 5.41 Å². The van der Waals surface area contributed by atoms with Crippen molar-refractivity contribution in [1.82, 2.24) is 15.0 Å². The molecule has 250 valence electrons. The zero-order valence-electron chi connectivity index (χ0n) is 29.5. The van der Waals surface area contributed by atoms with Crippen molar-refractivity contribution in [3.8, 4) is 78.7 Å². The summed E-state index contributed by atoms with van der Waals surface area (Å²) < 4.78 is 0. The Hall–Kier alpha value is -6.96. The minimum Gasteiger partial charge on any atom is -0.238 e. The first-order valence-electron chi connectivity index (χ1n) is 17.8. The first-order valence-corrected chi connectivity index (χ1v) is 17.8. The van der Waals surface area contributed by atoms with Crippen LogP contribution in [-0.2, 0) is 5.41 Å². The zero-order valence-corrected chi connectivity index (χ0v) is 29.5. The number of nitrogens with zero attached hydrogens (tertiary/aromatic N) is 4. The fourth-order valence-corrected chi connectivity index (χ4v) is 7.50. The third kappa shape index (κ3) is 5.79. The highest BCUT2D eigenvalue weighted by Crippen LogP contribution is 2.53. The second-order valence-corrected chi connectivity index (χ2v) is 14.0. The molecule has 0 amide bonds. The third-order valence-corrected chi connectivity index (χ3v) is 10.4. The van der Waals surface area contributed by atoms with E-state index in [1.165, 1.54) is 22.3 Å². The van der Waals surface area contributed by atoms with E-state index in [0.29, 0.717) is 23.2 Å². The second-order valence-electron chi connectivity index (χ2n) is 14.0. The summed E-state index contributed by atoms with van der Waals surface area (Å²) in [6.45, 7) is 12.3. The van der Waals surface area contributed by atoms with Gasteiger partial charge in [0.1, 0.15) is 0 Å². The zero-order chi connectivity index (χ0) is 35.9. The van der Waals surface area contributed by atoms with E-state index in [1.807, 2.05) is 24.3 Å². The minimum atomic E-state index is -0.197.